The van der Waals surface area contributed by atoms with Crippen LogP contribution in [0.3, 0.4) is 0 Å². The number of para-hydroxylation sites is 1. The van der Waals surface area contributed by atoms with Crippen LogP contribution in [0.1, 0.15) is 11.7 Å². The predicted octanol–water partition coefficient (Wildman–Crippen LogP) is 2.89. The Morgan fingerprint density at radius 1 is 1.19 bits per heavy atom. The maximum atomic E-state index is 12.4. The van der Waals surface area contributed by atoms with Gasteiger partial charge in [-0.05, 0) is 17.7 Å². The molecule has 0 fully saturated rings. The fourth-order valence-electron chi connectivity index (χ4n) is 2.29. The summed E-state index contributed by atoms with van der Waals surface area (Å²) in [5.74, 6) is -0.223. The molecule has 0 saturated carbocycles. The molecule has 1 aromatic heterocycles. The Kier molecular flexibility index (Phi) is 3.66. The van der Waals surface area contributed by atoms with Gasteiger partial charge in [0, 0.05) is 7.11 Å². The number of aromatic nitrogens is 2. The van der Waals surface area contributed by atoms with Gasteiger partial charge in [-0.15, -0.1) is 0 Å². The number of methoxy groups -OCH3 is 1. The third-order valence-corrected chi connectivity index (χ3v) is 3.28. The number of aromatic amines is 1. The van der Waals surface area contributed by atoms with E-state index in [-0.39, 0.29) is 5.91 Å². The van der Waals surface area contributed by atoms with E-state index in [0.717, 1.165) is 16.6 Å². The highest BCUT2D eigenvalue weighted by Crippen LogP contribution is 2.23. The molecule has 1 amide bonds. The summed E-state index contributed by atoms with van der Waals surface area (Å²) in [5.41, 5.74) is 3.08. The van der Waals surface area contributed by atoms with Crippen LogP contribution < -0.4 is 5.32 Å². The number of nitrogens with zero attached hydrogens (tertiary/aromatic N) is 1. The Morgan fingerprint density at radius 3 is 2.76 bits per heavy atom. The number of amides is 1. The van der Waals surface area contributed by atoms with Crippen molar-refractivity contribution in [1.29, 1.82) is 0 Å². The molecule has 0 aliphatic rings. The smallest absolute Gasteiger partial charge is 0.258 e. The number of hydrogen-bond acceptors (Lipinski definition) is 3. The first-order valence-corrected chi connectivity index (χ1v) is 6.60. The fourth-order valence-corrected chi connectivity index (χ4v) is 2.29. The number of ether oxygens (including phenoxy) is 1. The van der Waals surface area contributed by atoms with E-state index in [9.17, 15) is 4.79 Å². The number of carbonyl (C=O) groups is 1. The van der Waals surface area contributed by atoms with Gasteiger partial charge in [0.25, 0.3) is 5.91 Å². The standard InChI is InChI=1S/C16H15N3O2/c1-21-15(11-6-3-2-4-7-11)16(20)19-13-9-5-8-12-14(13)18-10-17-12/h2-10,15H,1H3,(H,17,18)(H,19,20)/t15-/m1/s1. The molecule has 0 saturated heterocycles. The van der Waals surface area contributed by atoms with Gasteiger partial charge in [-0.3, -0.25) is 4.79 Å². The van der Waals surface area contributed by atoms with Crippen LogP contribution in [0.25, 0.3) is 11.0 Å². The average Bonchev–Trinajstić information content (AvgIpc) is 2.99. The SMILES string of the molecule is CO[C@@H](C(=O)Nc1cccc2[nH]cnc12)c1ccccc1. The summed E-state index contributed by atoms with van der Waals surface area (Å²) < 4.78 is 5.32. The zero-order valence-corrected chi connectivity index (χ0v) is 11.5. The van der Waals surface area contributed by atoms with Crippen molar-refractivity contribution in [1.82, 2.24) is 9.97 Å². The lowest BCUT2D eigenvalue weighted by Crippen LogP contribution is -2.22. The molecule has 0 aliphatic carbocycles. The summed E-state index contributed by atoms with van der Waals surface area (Å²) in [6.07, 6.45) is 0.950. The molecule has 1 heterocycles. The fraction of sp³-hybridized carbons (Fsp3) is 0.125. The maximum Gasteiger partial charge on any atom is 0.258 e. The third kappa shape index (κ3) is 2.64. The monoisotopic (exact) mass is 281 g/mol. The van der Waals surface area contributed by atoms with Gasteiger partial charge in [-0.2, -0.15) is 0 Å². The topological polar surface area (TPSA) is 67.0 Å². The van der Waals surface area contributed by atoms with E-state index in [1.54, 1.807) is 6.33 Å². The van der Waals surface area contributed by atoms with Crippen molar-refractivity contribution in [3.8, 4) is 0 Å². The lowest BCUT2D eigenvalue weighted by molar-refractivity contribution is -0.126. The van der Waals surface area contributed by atoms with Crippen LogP contribution in [0.2, 0.25) is 0 Å². The maximum absolute atomic E-state index is 12.4. The molecular weight excluding hydrogens is 266 g/mol. The van der Waals surface area contributed by atoms with Crippen LogP contribution >= 0.6 is 0 Å². The summed E-state index contributed by atoms with van der Waals surface area (Å²) in [6.45, 7) is 0. The highest BCUT2D eigenvalue weighted by atomic mass is 16.5. The van der Waals surface area contributed by atoms with Crippen LogP contribution in [-0.4, -0.2) is 23.0 Å². The number of H-pyrrole nitrogens is 1. The molecule has 1 atom stereocenters. The minimum Gasteiger partial charge on any atom is -0.367 e. The molecule has 106 valence electrons. The number of imidazole rings is 1. The average molecular weight is 281 g/mol. The summed E-state index contributed by atoms with van der Waals surface area (Å²) in [7, 11) is 1.52. The molecular formula is C16H15N3O2. The predicted molar refractivity (Wildman–Crippen MR) is 80.9 cm³/mol. The minimum absolute atomic E-state index is 0.223. The van der Waals surface area contributed by atoms with Gasteiger partial charge in [0.2, 0.25) is 0 Å². The Balaban J connectivity index is 1.87. The molecule has 0 spiro atoms. The second-order valence-corrected chi connectivity index (χ2v) is 4.62. The lowest BCUT2D eigenvalue weighted by atomic mass is 10.1. The quantitative estimate of drug-likeness (QED) is 0.772. The number of fused-ring (bicyclic) bond motifs is 1. The molecule has 0 unspecified atom stereocenters. The molecule has 0 radical (unpaired) electrons. The first-order chi connectivity index (χ1) is 10.3. The summed E-state index contributed by atoms with van der Waals surface area (Å²) in [4.78, 5) is 19.7. The van der Waals surface area contributed by atoms with Crippen LogP contribution in [0, 0.1) is 0 Å². The van der Waals surface area contributed by atoms with Crippen LogP contribution in [0.4, 0.5) is 5.69 Å². The van der Waals surface area contributed by atoms with E-state index in [1.807, 2.05) is 48.5 Å². The van der Waals surface area contributed by atoms with Crippen molar-refractivity contribution in [2.24, 2.45) is 0 Å². The highest BCUT2D eigenvalue weighted by molar-refractivity contribution is 6.01. The molecule has 21 heavy (non-hydrogen) atoms. The number of nitrogens with one attached hydrogen (secondary N) is 2. The van der Waals surface area contributed by atoms with Gasteiger partial charge in [0.05, 0.1) is 17.5 Å². The molecule has 3 rings (SSSR count). The van der Waals surface area contributed by atoms with Crippen molar-refractivity contribution in [2.45, 2.75) is 6.10 Å². The Morgan fingerprint density at radius 2 is 2.00 bits per heavy atom. The summed E-state index contributed by atoms with van der Waals surface area (Å²) in [6, 6.07) is 15.0. The molecule has 5 nitrogen and oxygen atoms in total. The molecule has 0 bridgehead atoms. The second-order valence-electron chi connectivity index (χ2n) is 4.62. The van der Waals surface area contributed by atoms with E-state index in [0.29, 0.717) is 5.69 Å². The first-order valence-electron chi connectivity index (χ1n) is 6.60. The van der Waals surface area contributed by atoms with Crippen molar-refractivity contribution < 1.29 is 9.53 Å². The normalized spacial score (nSPS) is 12.2. The van der Waals surface area contributed by atoms with E-state index in [4.69, 9.17) is 4.74 Å². The number of hydrogen-bond donors (Lipinski definition) is 2. The van der Waals surface area contributed by atoms with Gasteiger partial charge >= 0.3 is 0 Å². The van der Waals surface area contributed by atoms with Crippen molar-refractivity contribution in [3.05, 3.63) is 60.4 Å². The Bertz CT molecular complexity index is 752. The molecule has 5 heteroatoms. The van der Waals surface area contributed by atoms with Crippen LogP contribution in [0.5, 0.6) is 0 Å². The van der Waals surface area contributed by atoms with Gasteiger partial charge in [0.1, 0.15) is 5.52 Å². The van der Waals surface area contributed by atoms with Gasteiger partial charge in [0.15, 0.2) is 6.10 Å². The van der Waals surface area contributed by atoms with E-state index >= 15 is 0 Å². The van der Waals surface area contributed by atoms with Gasteiger partial charge in [-0.25, -0.2) is 4.98 Å². The van der Waals surface area contributed by atoms with Crippen molar-refractivity contribution >= 4 is 22.6 Å². The number of benzene rings is 2. The lowest BCUT2D eigenvalue weighted by Gasteiger charge is -2.15. The molecule has 2 N–H and O–H groups in total. The Labute approximate surface area is 122 Å². The van der Waals surface area contributed by atoms with Gasteiger partial charge in [-0.1, -0.05) is 36.4 Å². The third-order valence-electron chi connectivity index (χ3n) is 3.28. The van der Waals surface area contributed by atoms with Crippen LogP contribution in [-0.2, 0) is 9.53 Å². The van der Waals surface area contributed by atoms with E-state index in [2.05, 4.69) is 15.3 Å². The van der Waals surface area contributed by atoms with E-state index < -0.39 is 6.10 Å². The second kappa shape index (κ2) is 5.76. The number of anilines is 1. The number of rotatable bonds is 4. The van der Waals surface area contributed by atoms with Crippen molar-refractivity contribution in [2.75, 3.05) is 12.4 Å². The number of carbonyl (C=O) groups excluding carboxylic acids is 1. The zero-order valence-electron chi connectivity index (χ0n) is 11.5. The molecule has 3 aromatic rings. The highest BCUT2D eigenvalue weighted by Gasteiger charge is 2.20. The van der Waals surface area contributed by atoms with Crippen molar-refractivity contribution in [3.63, 3.8) is 0 Å². The summed E-state index contributed by atoms with van der Waals surface area (Å²) >= 11 is 0. The molecule has 0 aliphatic heterocycles. The zero-order chi connectivity index (χ0) is 14.7. The molecule has 2 aromatic carbocycles. The van der Waals surface area contributed by atoms with Gasteiger partial charge < -0.3 is 15.0 Å². The van der Waals surface area contributed by atoms with Crippen LogP contribution in [0.15, 0.2) is 54.9 Å². The largest absolute Gasteiger partial charge is 0.367 e. The van der Waals surface area contributed by atoms with E-state index in [1.165, 1.54) is 7.11 Å². The Hall–Kier alpha value is -2.66. The summed E-state index contributed by atoms with van der Waals surface area (Å²) in [5, 5.41) is 2.87. The first kappa shape index (κ1) is 13.3. The minimum atomic E-state index is -0.652.